The fraction of sp³-hybridized carbons (Fsp3) is 1.00. The Labute approximate surface area is 101 Å². The summed E-state index contributed by atoms with van der Waals surface area (Å²) >= 11 is 0. The lowest BCUT2D eigenvalue weighted by molar-refractivity contribution is -0.119. The molecule has 2 aliphatic heterocycles. The van der Waals surface area contributed by atoms with E-state index in [0.717, 1.165) is 45.5 Å². The van der Waals surface area contributed by atoms with E-state index in [1.165, 1.54) is 0 Å². The molecule has 0 aromatic rings. The minimum absolute atomic E-state index is 0.0186. The van der Waals surface area contributed by atoms with Gasteiger partial charge in [-0.05, 0) is 18.4 Å². The predicted octanol–water partition coefficient (Wildman–Crippen LogP) is 1.57. The summed E-state index contributed by atoms with van der Waals surface area (Å²) < 4.78 is 11.4. The number of methoxy groups -OCH3 is 1. The number of hydrogen-bond acceptors (Lipinski definition) is 4. The maximum absolute atomic E-state index is 8.25. The van der Waals surface area contributed by atoms with Gasteiger partial charge in [-0.1, -0.05) is 5.11 Å². The van der Waals surface area contributed by atoms with Gasteiger partial charge in [0.25, 0.3) is 0 Å². The average molecular weight is 240 g/mol. The van der Waals surface area contributed by atoms with Gasteiger partial charge in [-0.3, -0.25) is 0 Å². The first-order valence-corrected chi connectivity index (χ1v) is 6.18. The molecular weight excluding hydrogens is 220 g/mol. The van der Waals surface area contributed by atoms with Gasteiger partial charge in [-0.2, -0.15) is 0 Å². The first kappa shape index (κ1) is 12.6. The van der Waals surface area contributed by atoms with Crippen LogP contribution in [-0.4, -0.2) is 56.5 Å². The SMILES string of the molecule is COC1CCOC2(CCN(CCN=[N+]=[N-])C2)C1. The zero-order chi connectivity index (χ0) is 12.1. The van der Waals surface area contributed by atoms with Crippen molar-refractivity contribution < 1.29 is 9.47 Å². The highest BCUT2D eigenvalue weighted by Crippen LogP contribution is 2.34. The Morgan fingerprint density at radius 1 is 1.65 bits per heavy atom. The quantitative estimate of drug-likeness (QED) is 0.425. The van der Waals surface area contributed by atoms with Crippen molar-refractivity contribution in [2.75, 3.05) is 39.9 Å². The van der Waals surface area contributed by atoms with Gasteiger partial charge in [0.1, 0.15) is 0 Å². The third-order valence-electron chi connectivity index (χ3n) is 3.76. The monoisotopic (exact) mass is 240 g/mol. The van der Waals surface area contributed by atoms with E-state index in [2.05, 4.69) is 14.9 Å². The van der Waals surface area contributed by atoms with Crippen LogP contribution in [0.25, 0.3) is 10.4 Å². The Bertz CT molecular complexity index is 306. The summed E-state index contributed by atoms with van der Waals surface area (Å²) in [6, 6.07) is 0. The Hall–Kier alpha value is -0.810. The van der Waals surface area contributed by atoms with Gasteiger partial charge >= 0.3 is 0 Å². The molecule has 0 N–H and O–H groups in total. The van der Waals surface area contributed by atoms with Crippen LogP contribution in [0.2, 0.25) is 0 Å². The van der Waals surface area contributed by atoms with E-state index >= 15 is 0 Å². The second-order valence-corrected chi connectivity index (χ2v) is 4.86. The molecule has 2 atom stereocenters. The molecule has 1 spiro atoms. The van der Waals surface area contributed by atoms with Crippen LogP contribution in [0.5, 0.6) is 0 Å². The zero-order valence-corrected chi connectivity index (χ0v) is 10.3. The molecule has 0 aromatic heterocycles. The lowest BCUT2D eigenvalue weighted by Gasteiger charge is -2.37. The number of hydrogen-bond donors (Lipinski definition) is 0. The Balaban J connectivity index is 1.84. The van der Waals surface area contributed by atoms with Crippen molar-refractivity contribution in [3.63, 3.8) is 0 Å². The highest BCUT2D eigenvalue weighted by molar-refractivity contribution is 4.96. The summed E-state index contributed by atoms with van der Waals surface area (Å²) in [7, 11) is 1.78. The van der Waals surface area contributed by atoms with Crippen LogP contribution >= 0.6 is 0 Å². The van der Waals surface area contributed by atoms with Gasteiger partial charge in [0.2, 0.25) is 0 Å². The van der Waals surface area contributed by atoms with Crippen molar-refractivity contribution in [3.8, 4) is 0 Å². The molecule has 2 heterocycles. The first-order valence-electron chi connectivity index (χ1n) is 6.18. The third-order valence-corrected chi connectivity index (χ3v) is 3.76. The minimum atomic E-state index is -0.0186. The van der Waals surface area contributed by atoms with Crippen LogP contribution in [0.4, 0.5) is 0 Å². The van der Waals surface area contributed by atoms with Gasteiger partial charge in [-0.25, -0.2) is 0 Å². The number of ether oxygens (including phenoxy) is 2. The van der Waals surface area contributed by atoms with Gasteiger partial charge in [-0.15, -0.1) is 0 Å². The van der Waals surface area contributed by atoms with Gasteiger partial charge in [0.05, 0.1) is 11.7 Å². The van der Waals surface area contributed by atoms with Crippen LogP contribution < -0.4 is 0 Å². The second kappa shape index (κ2) is 5.69. The molecule has 0 radical (unpaired) electrons. The molecule has 2 fully saturated rings. The van der Waals surface area contributed by atoms with E-state index < -0.39 is 0 Å². The maximum Gasteiger partial charge on any atom is 0.0845 e. The van der Waals surface area contributed by atoms with Crippen molar-refractivity contribution >= 4 is 0 Å². The summed E-state index contributed by atoms with van der Waals surface area (Å²) in [5, 5.41) is 3.57. The number of likely N-dealkylation sites (tertiary alicyclic amines) is 1. The third kappa shape index (κ3) is 3.10. The molecule has 2 unspecified atom stereocenters. The van der Waals surface area contributed by atoms with E-state index in [1.54, 1.807) is 7.11 Å². The number of rotatable bonds is 4. The van der Waals surface area contributed by atoms with Crippen LogP contribution in [-0.2, 0) is 9.47 Å². The summed E-state index contributed by atoms with van der Waals surface area (Å²) in [5.74, 6) is 0. The number of azide groups is 1. The van der Waals surface area contributed by atoms with Crippen molar-refractivity contribution in [2.45, 2.75) is 31.0 Å². The molecule has 17 heavy (non-hydrogen) atoms. The van der Waals surface area contributed by atoms with Crippen LogP contribution in [0.3, 0.4) is 0 Å². The normalized spacial score (nSPS) is 33.8. The Morgan fingerprint density at radius 3 is 3.29 bits per heavy atom. The fourth-order valence-electron chi connectivity index (χ4n) is 2.82. The molecule has 0 aliphatic carbocycles. The maximum atomic E-state index is 8.25. The minimum Gasteiger partial charge on any atom is -0.381 e. The molecule has 2 aliphatic rings. The molecule has 0 saturated carbocycles. The van der Waals surface area contributed by atoms with Crippen LogP contribution in [0.15, 0.2) is 5.11 Å². The summed E-state index contributed by atoms with van der Waals surface area (Å²) in [4.78, 5) is 5.09. The molecule has 6 nitrogen and oxygen atoms in total. The molecule has 96 valence electrons. The zero-order valence-electron chi connectivity index (χ0n) is 10.3. The molecule has 6 heteroatoms. The van der Waals surface area contributed by atoms with Gasteiger partial charge < -0.3 is 14.4 Å². The van der Waals surface area contributed by atoms with Gasteiger partial charge in [0.15, 0.2) is 0 Å². The van der Waals surface area contributed by atoms with Gasteiger partial charge in [0, 0.05) is 51.2 Å². The summed E-state index contributed by atoms with van der Waals surface area (Å²) in [6.45, 7) is 4.13. The lowest BCUT2D eigenvalue weighted by atomic mass is 9.91. The van der Waals surface area contributed by atoms with E-state index in [0.29, 0.717) is 12.6 Å². The highest BCUT2D eigenvalue weighted by atomic mass is 16.5. The summed E-state index contributed by atoms with van der Waals surface area (Å²) in [6.07, 6.45) is 3.38. The summed E-state index contributed by atoms with van der Waals surface area (Å²) in [5.41, 5.74) is 8.23. The Morgan fingerprint density at radius 2 is 2.53 bits per heavy atom. The Kier molecular flexibility index (Phi) is 4.23. The average Bonchev–Trinajstić information content (AvgIpc) is 2.73. The van der Waals surface area contributed by atoms with Crippen molar-refractivity contribution in [1.82, 2.24) is 4.90 Å². The first-order chi connectivity index (χ1) is 8.28. The number of nitrogens with zero attached hydrogens (tertiary/aromatic N) is 4. The fourth-order valence-corrected chi connectivity index (χ4v) is 2.82. The smallest absolute Gasteiger partial charge is 0.0845 e. The van der Waals surface area contributed by atoms with E-state index in [4.69, 9.17) is 15.0 Å². The largest absolute Gasteiger partial charge is 0.381 e. The highest BCUT2D eigenvalue weighted by Gasteiger charge is 2.42. The molecule has 0 bridgehead atoms. The molecule has 0 amide bonds. The van der Waals surface area contributed by atoms with Crippen LogP contribution in [0.1, 0.15) is 19.3 Å². The molecule has 2 rings (SSSR count). The predicted molar refractivity (Wildman–Crippen MR) is 63.8 cm³/mol. The lowest BCUT2D eigenvalue weighted by Crippen LogP contribution is -2.44. The molecule has 2 saturated heterocycles. The topological polar surface area (TPSA) is 70.5 Å². The van der Waals surface area contributed by atoms with E-state index in [1.807, 2.05) is 0 Å². The van der Waals surface area contributed by atoms with Crippen molar-refractivity contribution in [3.05, 3.63) is 10.4 Å². The second-order valence-electron chi connectivity index (χ2n) is 4.86. The van der Waals surface area contributed by atoms with Crippen molar-refractivity contribution in [2.24, 2.45) is 5.11 Å². The molecule has 0 aromatic carbocycles. The standard InChI is InChI=1S/C11H20N4O2/c1-16-10-2-7-17-11(8-10)3-5-15(9-11)6-4-13-14-12/h10H,2-9H2,1H3. The van der Waals surface area contributed by atoms with E-state index in [9.17, 15) is 0 Å². The van der Waals surface area contributed by atoms with Crippen molar-refractivity contribution in [1.29, 1.82) is 0 Å². The van der Waals surface area contributed by atoms with Crippen LogP contribution in [0, 0.1) is 0 Å². The van der Waals surface area contributed by atoms with E-state index in [-0.39, 0.29) is 5.60 Å². The molecular formula is C11H20N4O2.